The van der Waals surface area contributed by atoms with Crippen LogP contribution < -0.4 is 10.2 Å². The molecule has 1 aliphatic rings. The standard InChI is InChI=1S/C13H12N4O2/c1-16-8-9(7-14-16)11-12(18)17(13(19)15-11)10-5-3-2-4-6-10/h2-8,11H,1H3,(H,15,19). The van der Waals surface area contributed by atoms with Crippen LogP contribution in [-0.4, -0.2) is 21.7 Å². The number of carbonyl (C=O) groups excluding carboxylic acids is 2. The van der Waals surface area contributed by atoms with Crippen LogP contribution in [-0.2, 0) is 11.8 Å². The van der Waals surface area contributed by atoms with Crippen LogP contribution in [0, 0.1) is 0 Å². The summed E-state index contributed by atoms with van der Waals surface area (Å²) < 4.78 is 1.60. The molecule has 1 aliphatic heterocycles. The monoisotopic (exact) mass is 256 g/mol. The summed E-state index contributed by atoms with van der Waals surface area (Å²) in [5.74, 6) is -0.288. The van der Waals surface area contributed by atoms with Gasteiger partial charge in [0.15, 0.2) is 0 Å². The van der Waals surface area contributed by atoms with E-state index in [0.29, 0.717) is 11.3 Å². The minimum atomic E-state index is -0.665. The highest BCUT2D eigenvalue weighted by molar-refractivity contribution is 6.21. The SMILES string of the molecule is Cn1cc(C2NC(=O)N(c3ccccc3)C2=O)cn1. The van der Waals surface area contributed by atoms with E-state index in [1.54, 1.807) is 48.4 Å². The number of aryl methyl sites for hydroxylation is 1. The van der Waals surface area contributed by atoms with Crippen LogP contribution >= 0.6 is 0 Å². The van der Waals surface area contributed by atoms with Crippen LogP contribution in [0.5, 0.6) is 0 Å². The Morgan fingerprint density at radius 2 is 1.95 bits per heavy atom. The molecule has 1 fully saturated rings. The summed E-state index contributed by atoms with van der Waals surface area (Å²) in [6.45, 7) is 0. The predicted molar refractivity (Wildman–Crippen MR) is 68.4 cm³/mol. The lowest BCUT2D eigenvalue weighted by atomic mass is 10.1. The zero-order chi connectivity index (χ0) is 13.4. The summed E-state index contributed by atoms with van der Waals surface area (Å²) in [4.78, 5) is 25.4. The fourth-order valence-corrected chi connectivity index (χ4v) is 2.12. The van der Waals surface area contributed by atoms with Gasteiger partial charge in [0.1, 0.15) is 6.04 Å². The normalized spacial score (nSPS) is 18.8. The second-order valence-corrected chi connectivity index (χ2v) is 4.34. The quantitative estimate of drug-likeness (QED) is 0.821. The summed E-state index contributed by atoms with van der Waals surface area (Å²) in [6, 6.07) is 7.78. The van der Waals surface area contributed by atoms with E-state index in [9.17, 15) is 9.59 Å². The molecule has 1 aromatic heterocycles. The first kappa shape index (κ1) is 11.5. The zero-order valence-electron chi connectivity index (χ0n) is 10.3. The Hall–Kier alpha value is -2.63. The van der Waals surface area contributed by atoms with E-state index in [1.807, 2.05) is 6.07 Å². The third-order valence-electron chi connectivity index (χ3n) is 3.01. The lowest BCUT2D eigenvalue weighted by Crippen LogP contribution is -2.30. The van der Waals surface area contributed by atoms with Gasteiger partial charge in [0, 0.05) is 18.8 Å². The number of rotatable bonds is 2. The van der Waals surface area contributed by atoms with Crippen molar-refractivity contribution in [3.05, 3.63) is 48.3 Å². The number of hydrogen-bond donors (Lipinski definition) is 1. The molecule has 1 saturated heterocycles. The van der Waals surface area contributed by atoms with Gasteiger partial charge in [-0.15, -0.1) is 0 Å². The van der Waals surface area contributed by atoms with Crippen molar-refractivity contribution < 1.29 is 9.59 Å². The third-order valence-corrected chi connectivity index (χ3v) is 3.01. The second-order valence-electron chi connectivity index (χ2n) is 4.34. The molecule has 6 heteroatoms. The van der Waals surface area contributed by atoms with Crippen molar-refractivity contribution in [3.8, 4) is 0 Å². The number of nitrogens with zero attached hydrogens (tertiary/aromatic N) is 3. The van der Waals surface area contributed by atoms with Gasteiger partial charge in [-0.05, 0) is 12.1 Å². The molecule has 6 nitrogen and oxygen atoms in total. The number of para-hydroxylation sites is 1. The van der Waals surface area contributed by atoms with Gasteiger partial charge in [-0.3, -0.25) is 9.48 Å². The summed E-state index contributed by atoms with van der Waals surface area (Å²) >= 11 is 0. The van der Waals surface area contributed by atoms with Crippen molar-refractivity contribution in [1.29, 1.82) is 0 Å². The number of benzene rings is 1. The van der Waals surface area contributed by atoms with Crippen molar-refractivity contribution in [2.24, 2.45) is 7.05 Å². The highest BCUT2D eigenvalue weighted by atomic mass is 16.2. The predicted octanol–water partition coefficient (Wildman–Crippen LogP) is 1.22. The van der Waals surface area contributed by atoms with Gasteiger partial charge in [0.25, 0.3) is 5.91 Å². The number of urea groups is 1. The molecule has 1 atom stereocenters. The maximum atomic E-state index is 12.3. The van der Waals surface area contributed by atoms with Gasteiger partial charge in [0.2, 0.25) is 0 Å². The second kappa shape index (κ2) is 4.24. The van der Waals surface area contributed by atoms with Crippen LogP contribution in [0.15, 0.2) is 42.7 Å². The Kier molecular flexibility index (Phi) is 2.56. The van der Waals surface area contributed by atoms with E-state index < -0.39 is 12.1 Å². The minimum Gasteiger partial charge on any atom is -0.321 e. The topological polar surface area (TPSA) is 67.2 Å². The van der Waals surface area contributed by atoms with Crippen molar-refractivity contribution >= 4 is 17.6 Å². The van der Waals surface area contributed by atoms with Gasteiger partial charge in [0.05, 0.1) is 11.9 Å². The molecule has 1 unspecified atom stereocenters. The number of anilines is 1. The lowest BCUT2D eigenvalue weighted by molar-refractivity contribution is -0.118. The molecule has 1 N–H and O–H groups in total. The van der Waals surface area contributed by atoms with Crippen LogP contribution in [0.1, 0.15) is 11.6 Å². The van der Waals surface area contributed by atoms with Crippen LogP contribution in [0.3, 0.4) is 0 Å². The summed E-state index contributed by atoms with van der Waals surface area (Å²) in [5.41, 5.74) is 1.25. The van der Waals surface area contributed by atoms with E-state index in [-0.39, 0.29) is 5.91 Å². The highest BCUT2D eigenvalue weighted by Gasteiger charge is 2.40. The Morgan fingerprint density at radius 1 is 1.21 bits per heavy atom. The van der Waals surface area contributed by atoms with E-state index in [1.165, 1.54) is 0 Å². The average molecular weight is 256 g/mol. The number of aromatic nitrogens is 2. The molecule has 0 saturated carbocycles. The molecule has 1 aromatic carbocycles. The Labute approximate surface area is 109 Å². The van der Waals surface area contributed by atoms with Gasteiger partial charge in [-0.25, -0.2) is 9.69 Å². The minimum absolute atomic E-state index is 0.288. The molecule has 2 aromatic rings. The Balaban J connectivity index is 1.94. The average Bonchev–Trinajstić information content (AvgIpc) is 2.95. The first-order valence-corrected chi connectivity index (χ1v) is 5.85. The van der Waals surface area contributed by atoms with Gasteiger partial charge in [-0.2, -0.15) is 5.10 Å². The van der Waals surface area contributed by atoms with E-state index in [4.69, 9.17) is 0 Å². The molecule has 19 heavy (non-hydrogen) atoms. The maximum Gasteiger partial charge on any atom is 0.329 e. The molecular formula is C13H12N4O2. The van der Waals surface area contributed by atoms with E-state index in [2.05, 4.69) is 10.4 Å². The molecular weight excluding hydrogens is 244 g/mol. The van der Waals surface area contributed by atoms with E-state index >= 15 is 0 Å². The molecule has 2 heterocycles. The highest BCUT2D eigenvalue weighted by Crippen LogP contribution is 2.26. The molecule has 0 bridgehead atoms. The fourth-order valence-electron chi connectivity index (χ4n) is 2.12. The summed E-state index contributed by atoms with van der Waals surface area (Å²) in [7, 11) is 1.76. The maximum absolute atomic E-state index is 12.3. The molecule has 0 spiro atoms. The van der Waals surface area contributed by atoms with Crippen molar-refractivity contribution in [2.45, 2.75) is 6.04 Å². The van der Waals surface area contributed by atoms with Gasteiger partial charge >= 0.3 is 6.03 Å². The smallest absolute Gasteiger partial charge is 0.321 e. The van der Waals surface area contributed by atoms with Crippen LogP contribution in [0.25, 0.3) is 0 Å². The number of nitrogens with one attached hydrogen (secondary N) is 1. The number of carbonyl (C=O) groups is 2. The molecule has 96 valence electrons. The van der Waals surface area contributed by atoms with Crippen molar-refractivity contribution in [2.75, 3.05) is 4.90 Å². The lowest BCUT2D eigenvalue weighted by Gasteiger charge is -2.12. The Bertz CT molecular complexity index is 635. The fraction of sp³-hybridized carbons (Fsp3) is 0.154. The number of imide groups is 1. The molecule has 3 rings (SSSR count). The van der Waals surface area contributed by atoms with Gasteiger partial charge in [-0.1, -0.05) is 18.2 Å². The molecule has 0 radical (unpaired) electrons. The largest absolute Gasteiger partial charge is 0.329 e. The van der Waals surface area contributed by atoms with Gasteiger partial charge < -0.3 is 5.32 Å². The number of amides is 3. The molecule has 3 amide bonds. The van der Waals surface area contributed by atoms with Crippen molar-refractivity contribution in [3.63, 3.8) is 0 Å². The molecule has 0 aliphatic carbocycles. The van der Waals surface area contributed by atoms with E-state index in [0.717, 1.165) is 4.90 Å². The number of hydrogen-bond acceptors (Lipinski definition) is 3. The first-order chi connectivity index (χ1) is 9.16. The summed E-state index contributed by atoms with van der Waals surface area (Å²) in [6.07, 6.45) is 3.30. The Morgan fingerprint density at radius 3 is 2.58 bits per heavy atom. The van der Waals surface area contributed by atoms with Crippen molar-refractivity contribution in [1.82, 2.24) is 15.1 Å². The third kappa shape index (κ3) is 1.87. The first-order valence-electron chi connectivity index (χ1n) is 5.85. The summed E-state index contributed by atoms with van der Waals surface area (Å²) in [5, 5.41) is 6.68. The van der Waals surface area contributed by atoms with Crippen LogP contribution in [0.4, 0.5) is 10.5 Å². The van der Waals surface area contributed by atoms with Crippen LogP contribution in [0.2, 0.25) is 0 Å². The zero-order valence-corrected chi connectivity index (χ0v) is 10.3.